The van der Waals surface area contributed by atoms with E-state index >= 15 is 0 Å². The van der Waals surface area contributed by atoms with Crippen LogP contribution in [0.2, 0.25) is 0 Å². The van der Waals surface area contributed by atoms with Crippen molar-refractivity contribution in [3.8, 4) is 16.5 Å². The smallest absolute Gasteiger partial charge is 0.259 e. The molecule has 3 heterocycles. The largest absolute Gasteiger partial charge is 0.471 e. The van der Waals surface area contributed by atoms with Crippen LogP contribution in [0.1, 0.15) is 39.5 Å². The van der Waals surface area contributed by atoms with Gasteiger partial charge in [0.25, 0.3) is 5.91 Å². The third kappa shape index (κ3) is 6.11. The molecule has 1 aliphatic heterocycles. The number of sulfonamides is 1. The Morgan fingerprint density at radius 2 is 1.89 bits per heavy atom. The molecule has 0 radical (unpaired) electrons. The fraction of sp³-hybridized carbons (Fsp3) is 0.452. The fourth-order valence-corrected chi connectivity index (χ4v) is 7.74. The van der Waals surface area contributed by atoms with Crippen LogP contribution in [0, 0.1) is 5.92 Å². The molecule has 2 saturated carbocycles. The fourth-order valence-electron chi connectivity index (χ4n) is 5.67. The molecular formula is C31H36N6O7S2. The molecule has 0 spiro atoms. The minimum Gasteiger partial charge on any atom is -0.471 e. The topological polar surface area (TPSA) is 194 Å². The summed E-state index contributed by atoms with van der Waals surface area (Å²) in [5.74, 6) is -2.51. The molecule has 2 aliphatic carbocycles. The number of nitrogens with zero attached hydrogens (tertiary/aromatic N) is 3. The summed E-state index contributed by atoms with van der Waals surface area (Å²) in [6, 6.07) is 8.58. The maximum atomic E-state index is 13.9. The standard InChI is InChI=1S/C31H36N6O7S2/c1-4-17-15-31(17,29(40)36-46(42,43)19-11-12-19)35-26(38)22-14-18(16-37(22)28(39)25(32)30(2,3)41)44-27-24(23-10-7-13-45-23)33-20-8-5-6-9-21(20)34-27/h4-10,13,17-19,22,25,41H,1,11-12,14-16,32H2,2-3H3,(H,35,38)(H,36,40)/t17-,18-,22+,25-,31-/m1/s1. The van der Waals surface area contributed by atoms with Gasteiger partial charge in [-0.15, -0.1) is 17.9 Å². The number of carbonyl (C=O) groups excluding carboxylic acids is 3. The lowest BCUT2D eigenvalue weighted by Gasteiger charge is -2.32. The minimum atomic E-state index is -3.88. The van der Waals surface area contributed by atoms with Gasteiger partial charge in [-0.05, 0) is 56.7 Å². The Morgan fingerprint density at radius 1 is 1.20 bits per heavy atom. The highest BCUT2D eigenvalue weighted by Gasteiger charge is 2.62. The number of rotatable bonds is 11. The van der Waals surface area contributed by atoms with E-state index < -0.39 is 68.2 Å². The van der Waals surface area contributed by atoms with Crippen molar-refractivity contribution in [2.24, 2.45) is 11.7 Å². The number of likely N-dealkylation sites (tertiary alicyclic amines) is 1. The quantitative estimate of drug-likeness (QED) is 0.218. The second-order valence-electron chi connectivity index (χ2n) is 12.6. The molecule has 244 valence electrons. The monoisotopic (exact) mass is 668 g/mol. The Kier molecular flexibility index (Phi) is 8.15. The van der Waals surface area contributed by atoms with Crippen LogP contribution in [0.15, 0.2) is 54.4 Å². The van der Waals surface area contributed by atoms with Crippen molar-refractivity contribution >= 4 is 50.1 Å². The molecule has 3 amide bonds. The minimum absolute atomic E-state index is 0.00532. The molecule has 5 N–H and O–H groups in total. The summed E-state index contributed by atoms with van der Waals surface area (Å²) >= 11 is 1.46. The molecule has 0 unspecified atom stereocenters. The first-order valence-electron chi connectivity index (χ1n) is 15.0. The van der Waals surface area contributed by atoms with E-state index in [9.17, 15) is 27.9 Å². The number of thiophene rings is 1. The van der Waals surface area contributed by atoms with E-state index in [1.165, 1.54) is 36.2 Å². The van der Waals surface area contributed by atoms with Crippen LogP contribution in [-0.4, -0.2) is 87.2 Å². The first-order chi connectivity index (χ1) is 21.7. The highest BCUT2D eigenvalue weighted by atomic mass is 32.2. The number of nitrogens with two attached hydrogens (primary N) is 1. The number of benzene rings is 1. The first kappa shape index (κ1) is 32.0. The number of ether oxygens (including phenoxy) is 1. The number of aliphatic hydroxyl groups is 1. The van der Waals surface area contributed by atoms with E-state index in [1.54, 1.807) is 6.07 Å². The summed E-state index contributed by atoms with van der Waals surface area (Å²) in [7, 11) is -3.88. The van der Waals surface area contributed by atoms with Gasteiger partial charge in [-0.25, -0.2) is 18.4 Å². The molecule has 6 rings (SSSR count). The molecule has 15 heteroatoms. The van der Waals surface area contributed by atoms with Crippen LogP contribution in [0.25, 0.3) is 21.6 Å². The van der Waals surface area contributed by atoms with Crippen LogP contribution >= 0.6 is 11.3 Å². The summed E-state index contributed by atoms with van der Waals surface area (Å²) in [6.07, 6.45) is 1.83. The lowest BCUT2D eigenvalue weighted by atomic mass is 9.98. The van der Waals surface area contributed by atoms with E-state index in [-0.39, 0.29) is 25.3 Å². The van der Waals surface area contributed by atoms with Crippen molar-refractivity contribution < 1.29 is 32.6 Å². The lowest BCUT2D eigenvalue weighted by Crippen LogP contribution is -2.60. The third-order valence-electron chi connectivity index (χ3n) is 8.70. The summed E-state index contributed by atoms with van der Waals surface area (Å²) in [6.45, 7) is 6.45. The van der Waals surface area contributed by atoms with Gasteiger partial charge in [0.1, 0.15) is 29.4 Å². The summed E-state index contributed by atoms with van der Waals surface area (Å²) in [4.78, 5) is 52.4. The van der Waals surface area contributed by atoms with E-state index in [0.29, 0.717) is 29.6 Å². The molecule has 1 aromatic carbocycles. The summed E-state index contributed by atoms with van der Waals surface area (Å²) < 4.78 is 33.6. The molecule has 3 aromatic rings. The number of para-hydroxylation sites is 2. The normalized spacial score (nSPS) is 25.1. The maximum absolute atomic E-state index is 13.9. The predicted octanol–water partition coefficient (Wildman–Crippen LogP) is 1.47. The Morgan fingerprint density at radius 3 is 2.48 bits per heavy atom. The van der Waals surface area contributed by atoms with Gasteiger partial charge in [0.2, 0.25) is 27.7 Å². The van der Waals surface area contributed by atoms with Gasteiger partial charge in [-0.3, -0.25) is 19.1 Å². The summed E-state index contributed by atoms with van der Waals surface area (Å²) in [5, 5.41) is 14.5. The van der Waals surface area contributed by atoms with Gasteiger partial charge >= 0.3 is 0 Å². The number of amides is 3. The number of carbonyl (C=O) groups is 3. The van der Waals surface area contributed by atoms with Crippen LogP contribution < -0.4 is 20.5 Å². The zero-order chi connectivity index (χ0) is 33.0. The van der Waals surface area contributed by atoms with Crippen LogP contribution in [0.5, 0.6) is 5.88 Å². The number of fused-ring (bicyclic) bond motifs is 1. The number of hydrogen-bond donors (Lipinski definition) is 4. The van der Waals surface area contributed by atoms with Crippen molar-refractivity contribution in [1.29, 1.82) is 0 Å². The zero-order valence-corrected chi connectivity index (χ0v) is 27.0. The van der Waals surface area contributed by atoms with Gasteiger partial charge in [0, 0.05) is 12.3 Å². The predicted molar refractivity (Wildman–Crippen MR) is 171 cm³/mol. The Bertz CT molecular complexity index is 1810. The molecule has 3 aliphatic rings. The second kappa shape index (κ2) is 11.7. The van der Waals surface area contributed by atoms with E-state index in [1.807, 2.05) is 35.7 Å². The maximum Gasteiger partial charge on any atom is 0.259 e. The highest BCUT2D eigenvalue weighted by molar-refractivity contribution is 7.91. The van der Waals surface area contributed by atoms with E-state index in [2.05, 4.69) is 16.6 Å². The van der Waals surface area contributed by atoms with Crippen molar-refractivity contribution in [2.75, 3.05) is 6.54 Å². The molecule has 1 saturated heterocycles. The molecule has 46 heavy (non-hydrogen) atoms. The Hall–Kier alpha value is -3.92. The number of hydrogen-bond acceptors (Lipinski definition) is 11. The van der Waals surface area contributed by atoms with Crippen LogP contribution in [-0.2, 0) is 24.4 Å². The van der Waals surface area contributed by atoms with Gasteiger partial charge in [0.05, 0.1) is 33.3 Å². The molecule has 13 nitrogen and oxygen atoms in total. The SMILES string of the molecule is C=C[C@@H]1C[C@]1(NC(=O)[C@@H]1C[C@@H](Oc2nc3ccccc3nc2-c2cccs2)CN1C(=O)[C@@H](N)C(C)(C)O)C(=O)NS(=O)(=O)C1CC1. The second-order valence-corrected chi connectivity index (χ2v) is 15.5. The van der Waals surface area contributed by atoms with Crippen molar-refractivity contribution in [1.82, 2.24) is 24.9 Å². The number of aromatic nitrogens is 2. The Labute approximate surface area is 270 Å². The number of nitrogens with one attached hydrogen (secondary N) is 2. The van der Waals surface area contributed by atoms with Crippen LogP contribution in [0.4, 0.5) is 0 Å². The summed E-state index contributed by atoms with van der Waals surface area (Å²) in [5.41, 5.74) is 4.78. The van der Waals surface area contributed by atoms with Crippen molar-refractivity contribution in [2.45, 2.75) is 74.1 Å². The van der Waals surface area contributed by atoms with Gasteiger partial charge in [0.15, 0.2) is 0 Å². The highest BCUT2D eigenvalue weighted by Crippen LogP contribution is 2.45. The third-order valence-corrected chi connectivity index (χ3v) is 11.4. The average Bonchev–Trinajstić information content (AvgIpc) is 3.88. The van der Waals surface area contributed by atoms with E-state index in [0.717, 1.165) is 4.88 Å². The zero-order valence-electron chi connectivity index (χ0n) is 25.4. The molecular weight excluding hydrogens is 633 g/mol. The van der Waals surface area contributed by atoms with Crippen molar-refractivity contribution in [3.63, 3.8) is 0 Å². The van der Waals surface area contributed by atoms with Crippen molar-refractivity contribution in [3.05, 3.63) is 54.4 Å². The van der Waals surface area contributed by atoms with Gasteiger partial charge < -0.3 is 25.8 Å². The van der Waals surface area contributed by atoms with Gasteiger partial charge in [-0.1, -0.05) is 24.3 Å². The van der Waals surface area contributed by atoms with Gasteiger partial charge in [-0.2, -0.15) is 0 Å². The molecule has 3 fully saturated rings. The lowest BCUT2D eigenvalue weighted by molar-refractivity contribution is -0.144. The Balaban J connectivity index is 1.29. The molecule has 2 aromatic heterocycles. The molecule has 5 atom stereocenters. The average molecular weight is 669 g/mol. The first-order valence-corrected chi connectivity index (χ1v) is 17.4. The van der Waals surface area contributed by atoms with E-state index in [4.69, 9.17) is 20.4 Å². The van der Waals surface area contributed by atoms with Crippen LogP contribution in [0.3, 0.4) is 0 Å². The molecule has 0 bridgehead atoms.